The van der Waals surface area contributed by atoms with E-state index in [0.29, 0.717) is 11.4 Å². The topological polar surface area (TPSA) is 52.1 Å². The van der Waals surface area contributed by atoms with Crippen molar-refractivity contribution in [3.63, 3.8) is 0 Å². The average Bonchev–Trinajstić information content (AvgIpc) is 3.69. The zero-order valence-corrected chi connectivity index (χ0v) is 24.6. The molecule has 0 fully saturated rings. The van der Waals surface area contributed by atoms with Crippen LogP contribution >= 0.6 is 0 Å². The van der Waals surface area contributed by atoms with Gasteiger partial charge in [0.2, 0.25) is 0 Å². The van der Waals surface area contributed by atoms with Gasteiger partial charge in [-0.2, -0.15) is 0 Å². The van der Waals surface area contributed by atoms with Crippen molar-refractivity contribution >= 4 is 65.6 Å². The quantitative estimate of drug-likeness (QED) is 0.206. The van der Waals surface area contributed by atoms with Gasteiger partial charge in [-0.15, -0.1) is 0 Å². The highest BCUT2D eigenvalue weighted by Gasteiger charge is 2.22. The lowest BCUT2D eigenvalue weighted by Gasteiger charge is -2.11. The van der Waals surface area contributed by atoms with Gasteiger partial charge < -0.3 is 8.83 Å². The summed E-state index contributed by atoms with van der Waals surface area (Å²) >= 11 is 0. The Balaban J connectivity index is 1.30. The van der Waals surface area contributed by atoms with Crippen molar-refractivity contribution in [1.29, 1.82) is 0 Å². The molecule has 0 aliphatic carbocycles. The molecule has 0 saturated carbocycles. The van der Waals surface area contributed by atoms with Crippen LogP contribution in [0.15, 0.2) is 154 Å². The molecule has 0 atom stereocenters. The van der Waals surface area contributed by atoms with Crippen LogP contribution in [0.2, 0.25) is 0 Å². The van der Waals surface area contributed by atoms with E-state index in [1.165, 1.54) is 16.2 Å². The summed E-state index contributed by atoms with van der Waals surface area (Å²) in [5, 5.41) is 7.70. The van der Waals surface area contributed by atoms with Crippen molar-refractivity contribution in [2.24, 2.45) is 0 Å². The lowest BCUT2D eigenvalue weighted by Crippen LogP contribution is -1.95. The van der Waals surface area contributed by atoms with Crippen LogP contribution in [0.5, 0.6) is 0 Å². The van der Waals surface area contributed by atoms with Crippen molar-refractivity contribution in [1.82, 2.24) is 9.97 Å². The summed E-state index contributed by atoms with van der Waals surface area (Å²) in [5.74, 6) is 0.626. The lowest BCUT2D eigenvalue weighted by atomic mass is 9.96. The second-order valence-corrected chi connectivity index (χ2v) is 11.8. The molecule has 10 rings (SSSR count). The van der Waals surface area contributed by atoms with Gasteiger partial charge in [0.05, 0.1) is 0 Å². The molecule has 214 valence electrons. The first-order valence-electron chi connectivity index (χ1n) is 15.4. The highest BCUT2D eigenvalue weighted by molar-refractivity contribution is 6.14. The van der Waals surface area contributed by atoms with Crippen LogP contribution in [0.4, 0.5) is 0 Å². The number of aromatic nitrogens is 2. The maximum atomic E-state index is 6.50. The summed E-state index contributed by atoms with van der Waals surface area (Å²) in [6, 6.07) is 50.4. The van der Waals surface area contributed by atoms with Gasteiger partial charge in [-0.1, -0.05) is 103 Å². The SMILES string of the molecule is c1ccc2cc(-c3cc(-c4nc(-c5ccc6ccccc6c5)c5oc6ccccc6c5n4)c4c(c3)oc3ccccc34)ccc2c1. The molecule has 0 aliphatic rings. The van der Waals surface area contributed by atoms with Crippen LogP contribution in [-0.2, 0) is 0 Å². The standard InChI is InChI=1S/C42H24N2O2/c1-3-11-27-21-29(19-17-25(27)9-1)31-23-34(38-32-13-5-7-15-35(32)45-37(38)24-31)42-43-39(30-20-18-26-10-2-4-12-28(26)22-30)41-40(44-42)33-14-6-8-16-36(33)46-41/h1-24H. The van der Waals surface area contributed by atoms with Gasteiger partial charge >= 0.3 is 0 Å². The van der Waals surface area contributed by atoms with Gasteiger partial charge in [0.1, 0.15) is 28.0 Å². The molecule has 0 amide bonds. The lowest BCUT2D eigenvalue weighted by molar-refractivity contribution is 0.667. The van der Waals surface area contributed by atoms with Crippen LogP contribution in [0, 0.1) is 0 Å². The molecule has 4 heteroatoms. The van der Waals surface area contributed by atoms with Crippen molar-refractivity contribution in [3.8, 4) is 33.8 Å². The molecular weight excluding hydrogens is 564 g/mol. The number of benzene rings is 7. The van der Waals surface area contributed by atoms with E-state index in [4.69, 9.17) is 18.8 Å². The molecule has 7 aromatic carbocycles. The molecule has 0 N–H and O–H groups in total. The van der Waals surface area contributed by atoms with E-state index in [1.54, 1.807) is 0 Å². The van der Waals surface area contributed by atoms with Crippen LogP contribution < -0.4 is 0 Å². The predicted octanol–water partition coefficient (Wildman–Crippen LogP) is 11.6. The molecule has 10 aromatic rings. The average molecular weight is 589 g/mol. The molecule has 0 aliphatic heterocycles. The van der Waals surface area contributed by atoms with Crippen molar-refractivity contribution in [2.45, 2.75) is 0 Å². The van der Waals surface area contributed by atoms with Gasteiger partial charge in [0.25, 0.3) is 0 Å². The Morgan fingerprint density at radius 3 is 1.78 bits per heavy atom. The van der Waals surface area contributed by atoms with E-state index in [2.05, 4.69) is 109 Å². The number of para-hydroxylation sites is 2. The summed E-state index contributed by atoms with van der Waals surface area (Å²) in [5.41, 5.74) is 8.69. The van der Waals surface area contributed by atoms with Crippen LogP contribution in [0.3, 0.4) is 0 Å². The number of rotatable bonds is 3. The van der Waals surface area contributed by atoms with Crippen molar-refractivity contribution in [2.75, 3.05) is 0 Å². The summed E-state index contributed by atoms with van der Waals surface area (Å²) in [6.45, 7) is 0. The van der Waals surface area contributed by atoms with Crippen LogP contribution in [-0.4, -0.2) is 9.97 Å². The van der Waals surface area contributed by atoms with E-state index < -0.39 is 0 Å². The second-order valence-electron chi connectivity index (χ2n) is 11.8. The molecule has 0 saturated heterocycles. The number of furan rings is 2. The minimum atomic E-state index is 0.626. The van der Waals surface area contributed by atoms with Crippen LogP contribution in [0.1, 0.15) is 0 Å². The fraction of sp³-hybridized carbons (Fsp3) is 0. The third-order valence-corrected chi connectivity index (χ3v) is 9.04. The minimum Gasteiger partial charge on any atom is -0.456 e. The van der Waals surface area contributed by atoms with E-state index in [0.717, 1.165) is 71.8 Å². The zero-order chi connectivity index (χ0) is 30.2. The molecular formula is C42H24N2O2. The van der Waals surface area contributed by atoms with E-state index >= 15 is 0 Å². The summed E-state index contributed by atoms with van der Waals surface area (Å²) in [6.07, 6.45) is 0. The maximum absolute atomic E-state index is 6.50. The predicted molar refractivity (Wildman–Crippen MR) is 188 cm³/mol. The van der Waals surface area contributed by atoms with E-state index in [-0.39, 0.29) is 0 Å². The fourth-order valence-electron chi connectivity index (χ4n) is 6.81. The monoisotopic (exact) mass is 588 g/mol. The van der Waals surface area contributed by atoms with Gasteiger partial charge in [-0.25, -0.2) is 9.97 Å². The zero-order valence-electron chi connectivity index (χ0n) is 24.6. The molecule has 46 heavy (non-hydrogen) atoms. The summed E-state index contributed by atoms with van der Waals surface area (Å²) < 4.78 is 13.0. The Kier molecular flexibility index (Phi) is 5.25. The summed E-state index contributed by atoms with van der Waals surface area (Å²) in [4.78, 5) is 10.6. The Morgan fingerprint density at radius 2 is 1.02 bits per heavy atom. The maximum Gasteiger partial charge on any atom is 0.180 e. The van der Waals surface area contributed by atoms with Crippen molar-refractivity contribution in [3.05, 3.63) is 146 Å². The first kappa shape index (κ1) is 25.1. The number of hydrogen-bond acceptors (Lipinski definition) is 4. The van der Waals surface area contributed by atoms with Gasteiger partial charge in [-0.3, -0.25) is 0 Å². The fourth-order valence-corrected chi connectivity index (χ4v) is 6.81. The highest BCUT2D eigenvalue weighted by Crippen LogP contribution is 2.42. The molecule has 0 bridgehead atoms. The smallest absolute Gasteiger partial charge is 0.180 e. The third-order valence-electron chi connectivity index (χ3n) is 9.04. The first-order valence-corrected chi connectivity index (χ1v) is 15.4. The first-order chi connectivity index (χ1) is 22.8. The largest absolute Gasteiger partial charge is 0.456 e. The highest BCUT2D eigenvalue weighted by atomic mass is 16.3. The van der Waals surface area contributed by atoms with E-state index in [1.807, 2.05) is 36.4 Å². The molecule has 0 unspecified atom stereocenters. The molecule has 4 nitrogen and oxygen atoms in total. The Morgan fingerprint density at radius 1 is 0.413 bits per heavy atom. The normalized spacial score (nSPS) is 11.9. The molecule has 0 spiro atoms. The number of hydrogen-bond donors (Lipinski definition) is 0. The van der Waals surface area contributed by atoms with Crippen molar-refractivity contribution < 1.29 is 8.83 Å². The molecule has 3 aromatic heterocycles. The third kappa shape index (κ3) is 3.80. The minimum absolute atomic E-state index is 0.626. The Bertz CT molecular complexity index is 2820. The van der Waals surface area contributed by atoms with Gasteiger partial charge in [0, 0.05) is 27.3 Å². The van der Waals surface area contributed by atoms with E-state index in [9.17, 15) is 0 Å². The Labute approximate surface area is 263 Å². The second kappa shape index (κ2) is 9.62. The Hall–Kier alpha value is -6.26. The summed E-state index contributed by atoms with van der Waals surface area (Å²) in [7, 11) is 0. The number of nitrogens with zero attached hydrogens (tertiary/aromatic N) is 2. The molecule has 3 heterocycles. The number of fused-ring (bicyclic) bond motifs is 8. The van der Waals surface area contributed by atoms with Gasteiger partial charge in [0.15, 0.2) is 11.4 Å². The molecule has 0 radical (unpaired) electrons. The van der Waals surface area contributed by atoms with Crippen LogP contribution in [0.25, 0.3) is 99.3 Å². The van der Waals surface area contributed by atoms with Gasteiger partial charge in [-0.05, 0) is 75.1 Å².